The van der Waals surface area contributed by atoms with Crippen LogP contribution in [0.4, 0.5) is 0 Å². The van der Waals surface area contributed by atoms with Gasteiger partial charge in [0.25, 0.3) is 0 Å². The van der Waals surface area contributed by atoms with Crippen LogP contribution in [-0.2, 0) is 22.7 Å². The number of hydrogen-bond acceptors (Lipinski definition) is 4. The molecule has 0 saturated carbocycles. The van der Waals surface area contributed by atoms with Crippen molar-refractivity contribution in [1.29, 1.82) is 0 Å². The van der Waals surface area contributed by atoms with Gasteiger partial charge in [-0.1, -0.05) is 61.9 Å². The van der Waals surface area contributed by atoms with Crippen molar-refractivity contribution in [2.45, 2.75) is 78.6 Å². The van der Waals surface area contributed by atoms with Gasteiger partial charge in [-0.05, 0) is 63.6 Å². The number of carbonyl (C=O) groups excluding carboxylic acids is 2. The molecule has 1 aromatic heterocycles. The standard InChI is InChI=1S/C32H41N5O2.2ClH/c1-22(2)18-29-30(38)36(20-26-11-9-10-23(3)19-26)32(31(39)33-29)14-16-35(17-15-32)21-28-24(4)34-37(25(28)5)27-12-7-6-8-13-27;;/h6-13,19,22,29H,14-18,20-21H2,1-5H3,(H,33,39);2*1H. The van der Waals surface area contributed by atoms with Gasteiger partial charge in [-0.25, -0.2) is 4.68 Å². The fraction of sp³-hybridized carbons (Fsp3) is 0.469. The van der Waals surface area contributed by atoms with E-state index in [0.717, 1.165) is 47.8 Å². The molecule has 2 fully saturated rings. The van der Waals surface area contributed by atoms with Gasteiger partial charge in [-0.2, -0.15) is 5.10 Å². The lowest BCUT2D eigenvalue weighted by Crippen LogP contribution is -2.72. The first-order chi connectivity index (χ1) is 18.7. The lowest BCUT2D eigenvalue weighted by atomic mass is 9.80. The van der Waals surface area contributed by atoms with Crippen LogP contribution in [0.25, 0.3) is 5.69 Å². The Morgan fingerprint density at radius 1 is 0.951 bits per heavy atom. The molecule has 3 aromatic rings. The van der Waals surface area contributed by atoms with Gasteiger partial charge < -0.3 is 10.2 Å². The number of nitrogens with zero attached hydrogens (tertiary/aromatic N) is 4. The second-order valence-electron chi connectivity index (χ2n) is 11.8. The SMILES string of the molecule is Cc1cccc(CN2C(=O)C(CC(C)C)NC(=O)C23CCN(Cc2c(C)nn(-c4ccccc4)c2C)CC3)c1.Cl.Cl. The maximum absolute atomic E-state index is 13.9. The van der Waals surface area contributed by atoms with E-state index in [0.29, 0.717) is 31.7 Å². The number of rotatable bonds is 7. The van der Waals surface area contributed by atoms with Crippen LogP contribution in [0.2, 0.25) is 0 Å². The Morgan fingerprint density at radius 3 is 2.27 bits per heavy atom. The molecule has 7 nitrogen and oxygen atoms in total. The van der Waals surface area contributed by atoms with Crippen molar-refractivity contribution in [1.82, 2.24) is 24.9 Å². The predicted molar refractivity (Wildman–Crippen MR) is 168 cm³/mol. The molecule has 222 valence electrons. The Kier molecular flexibility index (Phi) is 10.7. The fourth-order valence-electron chi connectivity index (χ4n) is 6.26. The lowest BCUT2D eigenvalue weighted by molar-refractivity contribution is -0.162. The molecule has 1 atom stereocenters. The zero-order valence-electron chi connectivity index (χ0n) is 24.7. The van der Waals surface area contributed by atoms with Gasteiger partial charge in [0, 0.05) is 37.4 Å². The van der Waals surface area contributed by atoms with Crippen LogP contribution in [0.15, 0.2) is 54.6 Å². The van der Waals surface area contributed by atoms with Gasteiger partial charge in [0.2, 0.25) is 11.8 Å². The molecule has 5 rings (SSSR count). The van der Waals surface area contributed by atoms with Gasteiger partial charge >= 0.3 is 0 Å². The highest BCUT2D eigenvalue weighted by molar-refractivity contribution is 6.00. The molecule has 2 aliphatic heterocycles. The minimum atomic E-state index is -0.816. The maximum Gasteiger partial charge on any atom is 0.246 e. The number of likely N-dealkylation sites (tertiary alicyclic amines) is 1. The van der Waals surface area contributed by atoms with E-state index in [9.17, 15) is 9.59 Å². The number of halogens is 2. The molecule has 2 aromatic carbocycles. The highest BCUT2D eigenvalue weighted by atomic mass is 35.5. The molecule has 2 aliphatic rings. The molecule has 0 radical (unpaired) electrons. The molecule has 2 saturated heterocycles. The molecule has 41 heavy (non-hydrogen) atoms. The molecular formula is C32H43Cl2N5O2. The smallest absolute Gasteiger partial charge is 0.246 e. The Morgan fingerprint density at radius 2 is 1.63 bits per heavy atom. The van der Waals surface area contributed by atoms with E-state index >= 15 is 0 Å². The number of aromatic nitrogens is 2. The number of aryl methyl sites for hydroxylation is 2. The van der Waals surface area contributed by atoms with E-state index in [4.69, 9.17) is 5.10 Å². The molecular weight excluding hydrogens is 557 g/mol. The number of para-hydroxylation sites is 1. The average Bonchev–Trinajstić information content (AvgIpc) is 3.19. The number of amides is 2. The van der Waals surface area contributed by atoms with Gasteiger partial charge in [0.1, 0.15) is 11.6 Å². The minimum absolute atomic E-state index is 0. The number of benzene rings is 2. The topological polar surface area (TPSA) is 70.5 Å². The van der Waals surface area contributed by atoms with E-state index in [2.05, 4.69) is 75.2 Å². The third kappa shape index (κ3) is 6.63. The molecule has 3 heterocycles. The summed E-state index contributed by atoms with van der Waals surface area (Å²) in [5, 5.41) is 7.95. The quantitative estimate of drug-likeness (QED) is 0.386. The predicted octanol–water partition coefficient (Wildman–Crippen LogP) is 5.55. The molecule has 0 bridgehead atoms. The largest absolute Gasteiger partial charge is 0.342 e. The van der Waals surface area contributed by atoms with Crippen LogP contribution in [0.3, 0.4) is 0 Å². The number of piperazine rings is 1. The van der Waals surface area contributed by atoms with Crippen molar-refractivity contribution in [3.63, 3.8) is 0 Å². The van der Waals surface area contributed by atoms with Crippen LogP contribution in [0, 0.1) is 26.7 Å². The number of piperidine rings is 1. The summed E-state index contributed by atoms with van der Waals surface area (Å²) >= 11 is 0. The van der Waals surface area contributed by atoms with Crippen LogP contribution >= 0.6 is 24.8 Å². The van der Waals surface area contributed by atoms with Crippen molar-refractivity contribution in [3.8, 4) is 5.69 Å². The number of carbonyl (C=O) groups is 2. The molecule has 9 heteroatoms. The van der Waals surface area contributed by atoms with E-state index in [1.807, 2.05) is 33.8 Å². The number of nitrogens with one attached hydrogen (secondary N) is 1. The second-order valence-corrected chi connectivity index (χ2v) is 11.8. The van der Waals surface area contributed by atoms with Crippen molar-refractivity contribution >= 4 is 36.6 Å². The monoisotopic (exact) mass is 599 g/mol. The van der Waals surface area contributed by atoms with E-state index in [-0.39, 0.29) is 36.6 Å². The lowest BCUT2D eigenvalue weighted by Gasteiger charge is -2.52. The van der Waals surface area contributed by atoms with Crippen molar-refractivity contribution in [3.05, 3.63) is 82.7 Å². The third-order valence-corrected chi connectivity index (χ3v) is 8.45. The second kappa shape index (κ2) is 13.4. The minimum Gasteiger partial charge on any atom is -0.342 e. The van der Waals surface area contributed by atoms with Gasteiger partial charge in [-0.3, -0.25) is 14.5 Å². The highest BCUT2D eigenvalue weighted by Crippen LogP contribution is 2.36. The van der Waals surface area contributed by atoms with Gasteiger partial charge in [0.05, 0.1) is 11.4 Å². The van der Waals surface area contributed by atoms with E-state index < -0.39 is 11.6 Å². The molecule has 2 amide bonds. The summed E-state index contributed by atoms with van der Waals surface area (Å²) < 4.78 is 2.02. The summed E-state index contributed by atoms with van der Waals surface area (Å²) in [5.74, 6) is 0.373. The van der Waals surface area contributed by atoms with E-state index in [1.165, 1.54) is 5.56 Å². The van der Waals surface area contributed by atoms with Gasteiger partial charge in [-0.15, -0.1) is 24.8 Å². The fourth-order valence-corrected chi connectivity index (χ4v) is 6.26. The van der Waals surface area contributed by atoms with E-state index in [1.54, 1.807) is 0 Å². The summed E-state index contributed by atoms with van der Waals surface area (Å²) in [7, 11) is 0. The molecule has 1 spiro atoms. The Bertz CT molecular complexity index is 1350. The normalized spacial score (nSPS) is 18.7. The van der Waals surface area contributed by atoms with Crippen molar-refractivity contribution in [2.75, 3.05) is 13.1 Å². The van der Waals surface area contributed by atoms with Crippen LogP contribution in [0.1, 0.15) is 61.2 Å². The van der Waals surface area contributed by atoms with Crippen LogP contribution < -0.4 is 5.32 Å². The van der Waals surface area contributed by atoms with Crippen molar-refractivity contribution in [2.24, 2.45) is 5.92 Å². The van der Waals surface area contributed by atoms with Crippen LogP contribution in [-0.4, -0.2) is 56.1 Å². The molecule has 1 N–H and O–H groups in total. The molecule has 1 unspecified atom stereocenters. The van der Waals surface area contributed by atoms with Crippen molar-refractivity contribution < 1.29 is 9.59 Å². The maximum atomic E-state index is 13.9. The first-order valence-electron chi connectivity index (χ1n) is 14.2. The number of hydrogen-bond donors (Lipinski definition) is 1. The first kappa shape index (κ1) is 32.6. The van der Waals surface area contributed by atoms with Gasteiger partial charge in [0.15, 0.2) is 0 Å². The zero-order valence-corrected chi connectivity index (χ0v) is 26.4. The zero-order chi connectivity index (χ0) is 27.7. The Labute approximate surface area is 256 Å². The summed E-state index contributed by atoms with van der Waals surface area (Å²) in [6, 6.07) is 18.0. The summed E-state index contributed by atoms with van der Waals surface area (Å²) in [5.41, 5.74) is 5.87. The first-order valence-corrected chi connectivity index (χ1v) is 14.2. The highest BCUT2D eigenvalue weighted by Gasteiger charge is 2.53. The van der Waals surface area contributed by atoms with Crippen LogP contribution in [0.5, 0.6) is 0 Å². The summed E-state index contributed by atoms with van der Waals surface area (Å²) in [4.78, 5) is 31.9. The summed E-state index contributed by atoms with van der Waals surface area (Å²) in [6.07, 6.45) is 1.90. The summed E-state index contributed by atoms with van der Waals surface area (Å²) in [6.45, 7) is 13.2. The molecule has 0 aliphatic carbocycles. The Hall–Kier alpha value is -2.87. The third-order valence-electron chi connectivity index (χ3n) is 8.45. The Balaban J connectivity index is 0.00000231. The average molecular weight is 601 g/mol.